The average Bonchev–Trinajstić information content (AvgIpc) is 2.43. The third-order valence-corrected chi connectivity index (χ3v) is 3.94. The highest BCUT2D eigenvalue weighted by Gasteiger charge is 2.24. The molecule has 0 heterocycles. The maximum Gasteiger partial charge on any atom is 0.224 e. The maximum atomic E-state index is 12.2. The number of para-hydroxylation sites is 2. The van der Waals surface area contributed by atoms with Crippen LogP contribution in [0.4, 0.5) is 5.69 Å². The molecule has 1 saturated carbocycles. The molecule has 0 aliphatic heterocycles. The number of nitrogens with two attached hydrogens (primary N) is 1. The molecule has 1 aromatic carbocycles. The van der Waals surface area contributed by atoms with Crippen LogP contribution in [0.1, 0.15) is 46.0 Å². The smallest absolute Gasteiger partial charge is 0.224 e. The number of hydrogen-bond donors (Lipinski definition) is 2. The molecule has 4 heteroatoms. The Kier molecular flexibility index (Phi) is 5.62. The summed E-state index contributed by atoms with van der Waals surface area (Å²) in [7, 11) is 0. The van der Waals surface area contributed by atoms with E-state index in [9.17, 15) is 4.79 Å². The molecule has 1 fully saturated rings. The van der Waals surface area contributed by atoms with Gasteiger partial charge in [0.15, 0.2) is 0 Å². The Morgan fingerprint density at radius 1 is 1.33 bits per heavy atom. The number of ether oxygens (including phenoxy) is 1. The molecule has 2 rings (SSSR count). The summed E-state index contributed by atoms with van der Waals surface area (Å²) in [6.07, 6.45) is 5.03. The Labute approximate surface area is 127 Å². The quantitative estimate of drug-likeness (QED) is 0.874. The van der Waals surface area contributed by atoms with Crippen LogP contribution >= 0.6 is 0 Å². The van der Waals surface area contributed by atoms with E-state index in [1.165, 1.54) is 12.8 Å². The molecule has 4 nitrogen and oxygen atoms in total. The van der Waals surface area contributed by atoms with E-state index in [1.54, 1.807) is 0 Å². The molecule has 0 radical (unpaired) electrons. The van der Waals surface area contributed by atoms with Gasteiger partial charge in [0.25, 0.3) is 0 Å². The highest BCUT2D eigenvalue weighted by molar-refractivity contribution is 5.92. The van der Waals surface area contributed by atoms with Gasteiger partial charge in [-0.05, 0) is 44.7 Å². The first kappa shape index (κ1) is 15.8. The largest absolute Gasteiger partial charge is 0.489 e. The third kappa shape index (κ3) is 4.74. The van der Waals surface area contributed by atoms with Crippen molar-refractivity contribution in [2.45, 2.75) is 58.1 Å². The predicted octanol–water partition coefficient (Wildman–Crippen LogP) is 3.32. The van der Waals surface area contributed by atoms with Gasteiger partial charge in [-0.2, -0.15) is 0 Å². The number of nitrogens with one attached hydrogen (secondary N) is 1. The van der Waals surface area contributed by atoms with Gasteiger partial charge in [-0.1, -0.05) is 25.0 Å². The summed E-state index contributed by atoms with van der Waals surface area (Å²) in [5, 5.41) is 2.96. The van der Waals surface area contributed by atoms with E-state index in [0.29, 0.717) is 18.1 Å². The molecule has 3 N–H and O–H groups in total. The number of carbonyl (C=O) groups is 1. The Hall–Kier alpha value is -1.55. The highest BCUT2D eigenvalue weighted by atomic mass is 16.5. The molecule has 0 aromatic heterocycles. The lowest BCUT2D eigenvalue weighted by molar-refractivity contribution is -0.117. The van der Waals surface area contributed by atoms with E-state index >= 15 is 0 Å². The maximum absolute atomic E-state index is 12.2. The Bertz CT molecular complexity index is 474. The number of rotatable bonds is 5. The summed E-state index contributed by atoms with van der Waals surface area (Å²) in [5.41, 5.74) is 6.85. The standard InChI is InChI=1S/C17H26N2O2/c1-12(2)21-16-10-6-5-9-15(16)19-17(20)11-13-7-3-4-8-14(13)18/h5-6,9-10,12-14H,3-4,7-8,11,18H2,1-2H3,(H,19,20). The summed E-state index contributed by atoms with van der Waals surface area (Å²) < 4.78 is 5.72. The van der Waals surface area contributed by atoms with Gasteiger partial charge in [0.1, 0.15) is 5.75 Å². The van der Waals surface area contributed by atoms with Crippen LogP contribution in [0.2, 0.25) is 0 Å². The van der Waals surface area contributed by atoms with E-state index in [2.05, 4.69) is 5.32 Å². The first-order valence-electron chi connectivity index (χ1n) is 7.87. The molecular formula is C17H26N2O2. The molecule has 0 spiro atoms. The Balaban J connectivity index is 1.96. The van der Waals surface area contributed by atoms with Crippen LogP contribution in [-0.2, 0) is 4.79 Å². The lowest BCUT2D eigenvalue weighted by Gasteiger charge is -2.28. The minimum Gasteiger partial charge on any atom is -0.489 e. The summed E-state index contributed by atoms with van der Waals surface area (Å²) in [5.74, 6) is 1.04. The summed E-state index contributed by atoms with van der Waals surface area (Å²) in [6, 6.07) is 7.71. The van der Waals surface area contributed by atoms with Crippen LogP contribution in [0.25, 0.3) is 0 Å². The van der Waals surface area contributed by atoms with Crippen molar-refractivity contribution in [3.8, 4) is 5.75 Å². The first-order valence-corrected chi connectivity index (χ1v) is 7.87. The number of carbonyl (C=O) groups excluding carboxylic acids is 1. The number of amides is 1. The summed E-state index contributed by atoms with van der Waals surface area (Å²) in [6.45, 7) is 3.94. The van der Waals surface area contributed by atoms with Gasteiger partial charge < -0.3 is 15.8 Å². The highest BCUT2D eigenvalue weighted by Crippen LogP contribution is 2.28. The van der Waals surface area contributed by atoms with E-state index < -0.39 is 0 Å². The van der Waals surface area contributed by atoms with Crippen molar-refractivity contribution >= 4 is 11.6 Å². The zero-order valence-corrected chi connectivity index (χ0v) is 13.0. The van der Waals surface area contributed by atoms with Gasteiger partial charge in [0, 0.05) is 12.5 Å². The van der Waals surface area contributed by atoms with Crippen LogP contribution < -0.4 is 15.8 Å². The monoisotopic (exact) mass is 290 g/mol. The van der Waals surface area contributed by atoms with Crippen LogP contribution in [0.5, 0.6) is 5.75 Å². The number of anilines is 1. The van der Waals surface area contributed by atoms with Crippen molar-refractivity contribution in [1.29, 1.82) is 0 Å². The Morgan fingerprint density at radius 2 is 2.05 bits per heavy atom. The Morgan fingerprint density at radius 3 is 2.76 bits per heavy atom. The lowest BCUT2D eigenvalue weighted by atomic mass is 9.83. The number of benzene rings is 1. The van der Waals surface area contributed by atoms with Crippen LogP contribution in [0.3, 0.4) is 0 Å². The molecule has 1 aromatic rings. The fourth-order valence-corrected chi connectivity index (χ4v) is 2.86. The van der Waals surface area contributed by atoms with Gasteiger partial charge >= 0.3 is 0 Å². The van der Waals surface area contributed by atoms with Crippen LogP contribution in [0.15, 0.2) is 24.3 Å². The van der Waals surface area contributed by atoms with Crippen molar-refractivity contribution in [2.75, 3.05) is 5.32 Å². The number of hydrogen-bond acceptors (Lipinski definition) is 3. The second-order valence-corrected chi connectivity index (χ2v) is 6.12. The fraction of sp³-hybridized carbons (Fsp3) is 0.588. The van der Waals surface area contributed by atoms with Gasteiger partial charge in [-0.25, -0.2) is 0 Å². The zero-order chi connectivity index (χ0) is 15.2. The van der Waals surface area contributed by atoms with Crippen molar-refractivity contribution < 1.29 is 9.53 Å². The van der Waals surface area contributed by atoms with E-state index in [0.717, 1.165) is 18.5 Å². The first-order chi connectivity index (χ1) is 10.1. The third-order valence-electron chi connectivity index (χ3n) is 3.94. The predicted molar refractivity (Wildman–Crippen MR) is 85.4 cm³/mol. The normalized spacial score (nSPS) is 22.1. The fourth-order valence-electron chi connectivity index (χ4n) is 2.86. The molecular weight excluding hydrogens is 264 g/mol. The van der Waals surface area contributed by atoms with Crippen molar-refractivity contribution in [3.05, 3.63) is 24.3 Å². The molecule has 21 heavy (non-hydrogen) atoms. The van der Waals surface area contributed by atoms with Gasteiger partial charge in [0.2, 0.25) is 5.91 Å². The van der Waals surface area contributed by atoms with Crippen molar-refractivity contribution in [2.24, 2.45) is 11.7 Å². The second-order valence-electron chi connectivity index (χ2n) is 6.12. The zero-order valence-electron chi connectivity index (χ0n) is 13.0. The molecule has 0 saturated heterocycles. The molecule has 116 valence electrons. The molecule has 0 bridgehead atoms. The summed E-state index contributed by atoms with van der Waals surface area (Å²) >= 11 is 0. The topological polar surface area (TPSA) is 64.3 Å². The molecule has 2 unspecified atom stereocenters. The van der Waals surface area contributed by atoms with Crippen molar-refractivity contribution in [1.82, 2.24) is 0 Å². The average molecular weight is 290 g/mol. The van der Waals surface area contributed by atoms with Gasteiger partial charge in [-0.15, -0.1) is 0 Å². The molecule has 2 atom stereocenters. The van der Waals surface area contributed by atoms with Crippen molar-refractivity contribution in [3.63, 3.8) is 0 Å². The van der Waals surface area contributed by atoms with Gasteiger partial charge in [-0.3, -0.25) is 4.79 Å². The van der Waals surface area contributed by atoms with E-state index in [4.69, 9.17) is 10.5 Å². The second kappa shape index (κ2) is 7.46. The van der Waals surface area contributed by atoms with Gasteiger partial charge in [0.05, 0.1) is 11.8 Å². The SMILES string of the molecule is CC(C)Oc1ccccc1NC(=O)CC1CCCCC1N. The van der Waals surface area contributed by atoms with E-state index in [1.807, 2.05) is 38.1 Å². The van der Waals surface area contributed by atoms with Crippen LogP contribution in [0, 0.1) is 5.92 Å². The summed E-state index contributed by atoms with van der Waals surface area (Å²) in [4.78, 5) is 12.2. The minimum atomic E-state index is 0.0251. The molecule has 1 aliphatic rings. The van der Waals surface area contributed by atoms with Crippen LogP contribution in [-0.4, -0.2) is 18.1 Å². The molecule has 1 aliphatic carbocycles. The molecule has 1 amide bonds. The van der Waals surface area contributed by atoms with E-state index in [-0.39, 0.29) is 18.1 Å². The minimum absolute atomic E-state index is 0.0251. The lowest BCUT2D eigenvalue weighted by Crippen LogP contribution is -2.35.